The maximum Gasteiger partial charge on any atom is 0.106 e. The first-order chi connectivity index (χ1) is 8.65. The average Bonchev–Trinajstić information content (AvgIpc) is 2.62. The van der Waals surface area contributed by atoms with E-state index >= 15 is 0 Å². The van der Waals surface area contributed by atoms with Gasteiger partial charge in [-0.1, -0.05) is 13.0 Å². The molecule has 1 atom stereocenters. The maximum atomic E-state index is 5.73. The van der Waals surface area contributed by atoms with Crippen molar-refractivity contribution in [1.29, 1.82) is 0 Å². The molecular weight excluding hydrogens is 224 g/mol. The van der Waals surface area contributed by atoms with Crippen LogP contribution in [0, 0.1) is 20.8 Å². The number of furan rings is 1. The minimum Gasteiger partial charge on any atom is -0.466 e. The first-order valence-electron chi connectivity index (χ1n) is 6.35. The molecule has 96 valence electrons. The predicted molar refractivity (Wildman–Crippen MR) is 72.7 cm³/mol. The Bertz CT molecular complexity index is 517. The summed E-state index contributed by atoms with van der Waals surface area (Å²) in [5, 5.41) is 3.51. The number of hydrogen-bond donors (Lipinski definition) is 1. The molecule has 1 N–H and O–H groups in total. The molecule has 0 saturated heterocycles. The average molecular weight is 244 g/mol. The summed E-state index contributed by atoms with van der Waals surface area (Å²) in [6.45, 7) is 9.17. The molecule has 0 saturated carbocycles. The van der Waals surface area contributed by atoms with Crippen molar-refractivity contribution >= 4 is 0 Å². The van der Waals surface area contributed by atoms with Crippen LogP contribution in [0.3, 0.4) is 0 Å². The Hall–Kier alpha value is -1.61. The number of pyridine rings is 1. The lowest BCUT2D eigenvalue weighted by Crippen LogP contribution is -2.23. The highest BCUT2D eigenvalue weighted by Gasteiger charge is 2.21. The van der Waals surface area contributed by atoms with Crippen LogP contribution in [0.1, 0.15) is 41.2 Å². The fourth-order valence-electron chi connectivity index (χ4n) is 2.37. The van der Waals surface area contributed by atoms with E-state index in [1.54, 1.807) is 6.20 Å². The van der Waals surface area contributed by atoms with E-state index in [9.17, 15) is 0 Å². The van der Waals surface area contributed by atoms with Gasteiger partial charge in [0.2, 0.25) is 0 Å². The molecule has 2 rings (SSSR count). The van der Waals surface area contributed by atoms with E-state index in [0.29, 0.717) is 0 Å². The monoisotopic (exact) mass is 244 g/mol. The summed E-state index contributed by atoms with van der Waals surface area (Å²) < 4.78 is 5.73. The van der Waals surface area contributed by atoms with Gasteiger partial charge in [0, 0.05) is 18.0 Å². The van der Waals surface area contributed by atoms with E-state index < -0.39 is 0 Å². The molecule has 1 unspecified atom stereocenters. The summed E-state index contributed by atoms with van der Waals surface area (Å²) in [7, 11) is 0. The Labute approximate surface area is 108 Å². The molecule has 0 aromatic carbocycles. The van der Waals surface area contributed by atoms with Crippen molar-refractivity contribution in [2.75, 3.05) is 6.54 Å². The quantitative estimate of drug-likeness (QED) is 0.896. The van der Waals surface area contributed by atoms with Crippen molar-refractivity contribution in [3.05, 3.63) is 52.7 Å². The minimum absolute atomic E-state index is 0.154. The third-order valence-electron chi connectivity index (χ3n) is 3.33. The van der Waals surface area contributed by atoms with E-state index in [-0.39, 0.29) is 6.04 Å². The first kappa shape index (κ1) is 12.8. The number of nitrogens with zero attached hydrogens (tertiary/aromatic N) is 1. The van der Waals surface area contributed by atoms with Crippen LogP contribution in [-0.4, -0.2) is 11.5 Å². The molecule has 2 heterocycles. The summed E-state index contributed by atoms with van der Waals surface area (Å²) in [5.74, 6) is 1.98. The van der Waals surface area contributed by atoms with Gasteiger partial charge in [-0.2, -0.15) is 0 Å². The molecule has 2 aromatic heterocycles. The number of nitrogens with one attached hydrogen (secondary N) is 1. The normalized spacial score (nSPS) is 12.7. The molecule has 0 aliphatic heterocycles. The molecule has 0 fully saturated rings. The Morgan fingerprint density at radius 2 is 2.06 bits per heavy atom. The molecule has 0 amide bonds. The van der Waals surface area contributed by atoms with Gasteiger partial charge in [-0.05, 0) is 44.5 Å². The Morgan fingerprint density at radius 3 is 2.56 bits per heavy atom. The van der Waals surface area contributed by atoms with E-state index in [2.05, 4.69) is 30.2 Å². The van der Waals surface area contributed by atoms with Crippen LogP contribution in [0.4, 0.5) is 0 Å². The maximum absolute atomic E-state index is 5.73. The van der Waals surface area contributed by atoms with Crippen molar-refractivity contribution in [1.82, 2.24) is 10.3 Å². The number of aryl methyl sites for hydroxylation is 2. The van der Waals surface area contributed by atoms with Crippen molar-refractivity contribution < 1.29 is 4.42 Å². The Balaban J connectivity index is 2.48. The molecule has 0 aliphatic rings. The van der Waals surface area contributed by atoms with Gasteiger partial charge in [0.05, 0.1) is 6.04 Å². The van der Waals surface area contributed by atoms with E-state index in [0.717, 1.165) is 18.1 Å². The number of rotatable bonds is 4. The second-order valence-electron chi connectivity index (χ2n) is 4.53. The van der Waals surface area contributed by atoms with E-state index in [4.69, 9.17) is 4.42 Å². The predicted octanol–water partition coefficient (Wildman–Crippen LogP) is 3.30. The van der Waals surface area contributed by atoms with Crippen molar-refractivity contribution in [2.24, 2.45) is 0 Å². The topological polar surface area (TPSA) is 38.1 Å². The highest BCUT2D eigenvalue weighted by atomic mass is 16.3. The highest BCUT2D eigenvalue weighted by molar-refractivity contribution is 5.39. The molecular formula is C15H20N2O. The fraction of sp³-hybridized carbons (Fsp3) is 0.400. The molecule has 0 bridgehead atoms. The van der Waals surface area contributed by atoms with Gasteiger partial charge in [0.1, 0.15) is 11.5 Å². The van der Waals surface area contributed by atoms with Gasteiger partial charge >= 0.3 is 0 Å². The fourth-order valence-corrected chi connectivity index (χ4v) is 2.37. The number of hydrogen-bond acceptors (Lipinski definition) is 3. The zero-order valence-electron chi connectivity index (χ0n) is 11.4. The molecule has 0 aliphatic carbocycles. The van der Waals surface area contributed by atoms with Crippen LogP contribution in [0.5, 0.6) is 0 Å². The van der Waals surface area contributed by atoms with Crippen LogP contribution >= 0.6 is 0 Å². The van der Waals surface area contributed by atoms with Gasteiger partial charge < -0.3 is 9.73 Å². The van der Waals surface area contributed by atoms with Crippen molar-refractivity contribution in [3.8, 4) is 0 Å². The SMILES string of the molecule is CCNC(c1cccnc1)c1c(C)oc(C)c1C. The lowest BCUT2D eigenvalue weighted by molar-refractivity contribution is 0.494. The van der Waals surface area contributed by atoms with Gasteiger partial charge in [-0.15, -0.1) is 0 Å². The third kappa shape index (κ3) is 2.31. The van der Waals surface area contributed by atoms with Crippen LogP contribution in [0.25, 0.3) is 0 Å². The van der Waals surface area contributed by atoms with Crippen molar-refractivity contribution in [2.45, 2.75) is 33.7 Å². The van der Waals surface area contributed by atoms with Crippen LogP contribution in [-0.2, 0) is 0 Å². The van der Waals surface area contributed by atoms with Gasteiger partial charge in [-0.25, -0.2) is 0 Å². The van der Waals surface area contributed by atoms with Gasteiger partial charge in [0.25, 0.3) is 0 Å². The second-order valence-corrected chi connectivity index (χ2v) is 4.53. The Kier molecular flexibility index (Phi) is 3.82. The molecule has 0 radical (unpaired) electrons. The van der Waals surface area contributed by atoms with Crippen molar-refractivity contribution in [3.63, 3.8) is 0 Å². The van der Waals surface area contributed by atoms with Gasteiger partial charge in [0.15, 0.2) is 0 Å². The Morgan fingerprint density at radius 1 is 1.28 bits per heavy atom. The summed E-state index contributed by atoms with van der Waals surface area (Å²) in [6, 6.07) is 4.22. The summed E-state index contributed by atoms with van der Waals surface area (Å²) in [6.07, 6.45) is 3.71. The van der Waals surface area contributed by atoms with Crippen LogP contribution < -0.4 is 5.32 Å². The summed E-state index contributed by atoms with van der Waals surface area (Å²) in [5.41, 5.74) is 3.64. The summed E-state index contributed by atoms with van der Waals surface area (Å²) >= 11 is 0. The number of aromatic nitrogens is 1. The summed E-state index contributed by atoms with van der Waals surface area (Å²) in [4.78, 5) is 4.21. The van der Waals surface area contributed by atoms with E-state index in [1.165, 1.54) is 16.7 Å². The zero-order valence-corrected chi connectivity index (χ0v) is 11.4. The standard InChI is InChI=1S/C15H20N2O/c1-5-17-15(13-7-6-8-16-9-13)14-10(2)11(3)18-12(14)4/h6-9,15,17H,5H2,1-4H3. The largest absolute Gasteiger partial charge is 0.466 e. The smallest absolute Gasteiger partial charge is 0.106 e. The molecule has 0 spiro atoms. The zero-order chi connectivity index (χ0) is 13.1. The molecule has 3 nitrogen and oxygen atoms in total. The lowest BCUT2D eigenvalue weighted by atomic mass is 9.96. The second kappa shape index (κ2) is 5.36. The minimum atomic E-state index is 0.154. The van der Waals surface area contributed by atoms with Crippen LogP contribution in [0.2, 0.25) is 0 Å². The third-order valence-corrected chi connectivity index (χ3v) is 3.33. The highest BCUT2D eigenvalue weighted by Crippen LogP contribution is 2.30. The molecule has 2 aromatic rings. The van der Waals surface area contributed by atoms with Crippen LogP contribution in [0.15, 0.2) is 28.9 Å². The molecule has 3 heteroatoms. The first-order valence-corrected chi connectivity index (χ1v) is 6.35. The lowest BCUT2D eigenvalue weighted by Gasteiger charge is -2.18. The van der Waals surface area contributed by atoms with E-state index in [1.807, 2.05) is 26.1 Å². The van der Waals surface area contributed by atoms with Gasteiger partial charge in [-0.3, -0.25) is 4.98 Å². The molecule has 18 heavy (non-hydrogen) atoms.